The van der Waals surface area contributed by atoms with Crippen LogP contribution < -0.4 is 4.57 Å². The van der Waals surface area contributed by atoms with Crippen molar-refractivity contribution in [2.75, 3.05) is 19.6 Å². The smallest absolute Gasteiger partial charge is 0.178 e. The fraction of sp³-hybridized carbons (Fsp3) is 0.583. The van der Waals surface area contributed by atoms with Crippen molar-refractivity contribution < 1.29 is 4.57 Å². The monoisotopic (exact) mass is 193 g/mol. The van der Waals surface area contributed by atoms with Crippen LogP contribution in [0.3, 0.4) is 0 Å². The maximum Gasteiger partial charge on any atom is 0.178 e. The second-order valence-electron chi connectivity index (χ2n) is 3.56. The topological polar surface area (TPSA) is 7.12 Å². The van der Waals surface area contributed by atoms with E-state index in [1.165, 1.54) is 5.69 Å². The van der Waals surface area contributed by atoms with Gasteiger partial charge in [-0.05, 0) is 13.1 Å². The Morgan fingerprint density at radius 3 is 2.50 bits per heavy atom. The van der Waals surface area contributed by atoms with Gasteiger partial charge in [0.15, 0.2) is 18.4 Å². The summed E-state index contributed by atoms with van der Waals surface area (Å²) in [5.41, 5.74) is 1.33. The fourth-order valence-corrected chi connectivity index (χ4v) is 1.60. The Bertz CT molecular complexity index is 267. The molecule has 0 radical (unpaired) electrons. The van der Waals surface area contributed by atoms with Crippen molar-refractivity contribution in [1.82, 2.24) is 4.90 Å². The molecule has 2 heteroatoms. The van der Waals surface area contributed by atoms with Crippen LogP contribution in [-0.4, -0.2) is 24.5 Å². The Morgan fingerprint density at radius 2 is 1.93 bits per heavy atom. The van der Waals surface area contributed by atoms with Crippen LogP contribution in [0.4, 0.5) is 0 Å². The molecule has 1 aromatic heterocycles. The highest BCUT2D eigenvalue weighted by Gasteiger charge is 2.06. The minimum Gasteiger partial charge on any atom is -0.298 e. The summed E-state index contributed by atoms with van der Waals surface area (Å²) >= 11 is 0. The van der Waals surface area contributed by atoms with Gasteiger partial charge in [-0.3, -0.25) is 4.90 Å². The molecule has 0 amide bonds. The summed E-state index contributed by atoms with van der Waals surface area (Å²) in [6.45, 7) is 11.1. The van der Waals surface area contributed by atoms with Gasteiger partial charge in [0.05, 0.1) is 6.54 Å². The van der Waals surface area contributed by atoms with Gasteiger partial charge in [0.2, 0.25) is 0 Å². The summed E-state index contributed by atoms with van der Waals surface area (Å²) in [5.74, 6) is 0. The minimum atomic E-state index is 1.09. The molecule has 0 unspecified atom stereocenters. The molecule has 14 heavy (non-hydrogen) atoms. The van der Waals surface area contributed by atoms with E-state index in [2.05, 4.69) is 54.6 Å². The Kier molecular flexibility index (Phi) is 4.60. The second-order valence-corrected chi connectivity index (χ2v) is 3.56. The highest BCUT2D eigenvalue weighted by molar-refractivity contribution is 4.93. The predicted molar refractivity (Wildman–Crippen MR) is 59.2 cm³/mol. The summed E-state index contributed by atoms with van der Waals surface area (Å²) < 4.78 is 2.30. The van der Waals surface area contributed by atoms with E-state index in [9.17, 15) is 0 Å². The van der Waals surface area contributed by atoms with Crippen LogP contribution >= 0.6 is 0 Å². The number of nitrogens with zero attached hydrogens (tertiary/aromatic N) is 2. The molecule has 0 atom stereocenters. The van der Waals surface area contributed by atoms with Crippen molar-refractivity contribution in [3.63, 3.8) is 0 Å². The molecule has 1 rings (SSSR count). The number of pyridine rings is 1. The van der Waals surface area contributed by atoms with Gasteiger partial charge >= 0.3 is 0 Å². The van der Waals surface area contributed by atoms with Crippen LogP contribution in [0.1, 0.15) is 19.5 Å². The summed E-state index contributed by atoms with van der Waals surface area (Å²) in [5, 5.41) is 0. The Labute approximate surface area is 87.2 Å². The van der Waals surface area contributed by atoms with Crippen LogP contribution in [0.2, 0.25) is 0 Å². The van der Waals surface area contributed by atoms with Gasteiger partial charge < -0.3 is 0 Å². The molecule has 2 nitrogen and oxygen atoms in total. The molecular weight excluding hydrogens is 172 g/mol. The first kappa shape index (κ1) is 11.2. The van der Waals surface area contributed by atoms with Crippen molar-refractivity contribution in [3.05, 3.63) is 30.1 Å². The Balaban J connectivity index is 2.49. The molecule has 0 N–H and O–H groups in total. The fourth-order valence-electron chi connectivity index (χ4n) is 1.60. The van der Waals surface area contributed by atoms with E-state index in [1.807, 2.05) is 0 Å². The number of aromatic nitrogens is 1. The molecule has 0 aliphatic heterocycles. The third-order valence-electron chi connectivity index (χ3n) is 2.72. The van der Waals surface area contributed by atoms with Crippen LogP contribution in [0.15, 0.2) is 24.4 Å². The normalized spacial score (nSPS) is 10.9. The third kappa shape index (κ3) is 3.11. The quantitative estimate of drug-likeness (QED) is 0.645. The average molecular weight is 193 g/mol. The van der Waals surface area contributed by atoms with Gasteiger partial charge in [0.1, 0.15) is 0 Å². The van der Waals surface area contributed by atoms with Gasteiger partial charge in [-0.25, -0.2) is 4.57 Å². The van der Waals surface area contributed by atoms with Gasteiger partial charge in [-0.15, -0.1) is 0 Å². The highest BCUT2D eigenvalue weighted by Crippen LogP contribution is 1.90. The molecule has 0 fully saturated rings. The average Bonchev–Trinajstić information content (AvgIpc) is 2.22. The lowest BCUT2D eigenvalue weighted by molar-refractivity contribution is -0.702. The zero-order valence-electron chi connectivity index (χ0n) is 9.53. The van der Waals surface area contributed by atoms with Crippen molar-refractivity contribution in [2.24, 2.45) is 0 Å². The molecule has 0 aliphatic rings. The van der Waals surface area contributed by atoms with Gasteiger partial charge in [0.25, 0.3) is 0 Å². The van der Waals surface area contributed by atoms with Crippen LogP contribution in [-0.2, 0) is 6.54 Å². The maximum atomic E-state index is 2.44. The summed E-state index contributed by atoms with van der Waals surface area (Å²) in [4.78, 5) is 2.44. The van der Waals surface area contributed by atoms with Gasteiger partial charge in [-0.1, -0.05) is 19.9 Å². The Morgan fingerprint density at radius 1 is 1.21 bits per heavy atom. The molecule has 0 aromatic carbocycles. The first-order chi connectivity index (χ1) is 6.77. The summed E-state index contributed by atoms with van der Waals surface area (Å²) in [6, 6.07) is 6.33. The lowest BCUT2D eigenvalue weighted by atomic mass is 10.3. The number of hydrogen-bond donors (Lipinski definition) is 0. The van der Waals surface area contributed by atoms with Crippen molar-refractivity contribution in [1.29, 1.82) is 0 Å². The van der Waals surface area contributed by atoms with Crippen molar-refractivity contribution in [3.8, 4) is 0 Å². The van der Waals surface area contributed by atoms with Crippen LogP contribution in [0.5, 0.6) is 0 Å². The second kappa shape index (κ2) is 5.76. The molecule has 1 heterocycles. The number of likely N-dealkylation sites (N-methyl/N-ethyl adjacent to an activating group) is 1. The predicted octanol–water partition coefficient (Wildman–Crippen LogP) is 1.62. The Hall–Kier alpha value is -0.890. The van der Waals surface area contributed by atoms with Crippen LogP contribution in [0, 0.1) is 6.92 Å². The van der Waals surface area contributed by atoms with E-state index in [-0.39, 0.29) is 0 Å². The molecule has 78 valence electrons. The summed E-state index contributed by atoms with van der Waals surface area (Å²) in [6.07, 6.45) is 2.15. The van der Waals surface area contributed by atoms with Crippen LogP contribution in [0.25, 0.3) is 0 Å². The third-order valence-corrected chi connectivity index (χ3v) is 2.72. The van der Waals surface area contributed by atoms with Gasteiger partial charge in [0, 0.05) is 19.1 Å². The zero-order valence-corrected chi connectivity index (χ0v) is 9.53. The zero-order chi connectivity index (χ0) is 10.4. The first-order valence-electron chi connectivity index (χ1n) is 5.45. The number of aryl methyl sites for hydroxylation is 1. The SMILES string of the molecule is CCN(CC)CC[n+]1ccccc1C. The maximum absolute atomic E-state index is 2.44. The van der Waals surface area contributed by atoms with E-state index in [0.29, 0.717) is 0 Å². The lowest BCUT2D eigenvalue weighted by Crippen LogP contribution is -2.42. The first-order valence-corrected chi connectivity index (χ1v) is 5.45. The lowest BCUT2D eigenvalue weighted by Gasteiger charge is -2.15. The number of hydrogen-bond acceptors (Lipinski definition) is 1. The van der Waals surface area contributed by atoms with Crippen molar-refractivity contribution in [2.45, 2.75) is 27.3 Å². The van der Waals surface area contributed by atoms with E-state index < -0.39 is 0 Å². The molecular formula is C12H21N2+. The van der Waals surface area contributed by atoms with E-state index >= 15 is 0 Å². The van der Waals surface area contributed by atoms with E-state index in [0.717, 1.165) is 26.2 Å². The molecule has 0 saturated carbocycles. The van der Waals surface area contributed by atoms with E-state index in [4.69, 9.17) is 0 Å². The highest BCUT2D eigenvalue weighted by atomic mass is 15.1. The molecule has 0 bridgehead atoms. The molecule has 0 saturated heterocycles. The minimum absolute atomic E-state index is 1.09. The molecule has 1 aromatic rings. The van der Waals surface area contributed by atoms with E-state index in [1.54, 1.807) is 0 Å². The standard InChI is InChI=1S/C12H21N2/c1-4-13(5-2)10-11-14-9-7-6-8-12(14)3/h6-9H,4-5,10-11H2,1-3H3/q+1. The number of rotatable bonds is 5. The molecule has 0 spiro atoms. The van der Waals surface area contributed by atoms with Crippen molar-refractivity contribution >= 4 is 0 Å². The largest absolute Gasteiger partial charge is 0.298 e. The summed E-state index contributed by atoms with van der Waals surface area (Å²) in [7, 11) is 0. The van der Waals surface area contributed by atoms with Gasteiger partial charge in [-0.2, -0.15) is 0 Å². The molecule has 0 aliphatic carbocycles.